The average molecular weight is 344 g/mol. The summed E-state index contributed by atoms with van der Waals surface area (Å²) in [5.74, 6) is -0.678. The third kappa shape index (κ3) is 4.07. The van der Waals surface area contributed by atoms with Crippen LogP contribution in [0.15, 0.2) is 47.6 Å². The molecule has 2 aromatic rings. The van der Waals surface area contributed by atoms with Gasteiger partial charge in [0.05, 0.1) is 21.7 Å². The number of nitrogens with zero attached hydrogens (tertiary/aromatic N) is 1. The summed E-state index contributed by atoms with van der Waals surface area (Å²) in [6, 6.07) is 5.04. The zero-order valence-electron chi connectivity index (χ0n) is 11.8. The lowest BCUT2D eigenvalue weighted by atomic mass is 10.2. The summed E-state index contributed by atoms with van der Waals surface area (Å²) < 4.78 is 61.6. The summed E-state index contributed by atoms with van der Waals surface area (Å²) in [5.41, 5.74) is -1.20. The van der Waals surface area contributed by atoms with Crippen molar-refractivity contribution in [1.29, 1.82) is 0 Å². The van der Waals surface area contributed by atoms with E-state index >= 15 is 0 Å². The molecule has 0 bridgehead atoms. The second-order valence-electron chi connectivity index (χ2n) is 4.68. The Bertz CT molecular complexity index is 834. The molecule has 0 fully saturated rings. The van der Waals surface area contributed by atoms with Gasteiger partial charge >= 0.3 is 6.18 Å². The Morgan fingerprint density at radius 1 is 1.22 bits per heavy atom. The van der Waals surface area contributed by atoms with Gasteiger partial charge in [-0.25, -0.2) is 8.42 Å². The van der Waals surface area contributed by atoms with E-state index in [9.17, 15) is 26.4 Å². The lowest BCUT2D eigenvalue weighted by molar-refractivity contribution is -0.137. The highest BCUT2D eigenvalue weighted by molar-refractivity contribution is 7.90. The van der Waals surface area contributed by atoms with Gasteiger partial charge in [-0.1, -0.05) is 0 Å². The first-order valence-corrected chi connectivity index (χ1v) is 8.11. The number of carbonyl (C=O) groups is 1. The van der Waals surface area contributed by atoms with E-state index in [0.717, 1.165) is 12.3 Å². The zero-order valence-corrected chi connectivity index (χ0v) is 12.6. The van der Waals surface area contributed by atoms with Crippen molar-refractivity contribution in [3.05, 3.63) is 53.9 Å². The Balaban J connectivity index is 2.45. The SMILES string of the molecule is CS(=O)(=O)c1cc(C(F)(F)F)ccc1NC(=O)c1cccnc1. The topological polar surface area (TPSA) is 76.1 Å². The number of alkyl halides is 3. The van der Waals surface area contributed by atoms with Crippen molar-refractivity contribution in [3.8, 4) is 0 Å². The van der Waals surface area contributed by atoms with Crippen LogP contribution in [-0.4, -0.2) is 25.6 Å². The third-order valence-corrected chi connectivity index (χ3v) is 4.02. The van der Waals surface area contributed by atoms with Gasteiger partial charge in [-0.05, 0) is 30.3 Å². The number of anilines is 1. The maximum atomic E-state index is 12.7. The Hall–Kier alpha value is -2.42. The molecule has 9 heteroatoms. The summed E-state index contributed by atoms with van der Waals surface area (Å²) >= 11 is 0. The molecular weight excluding hydrogens is 333 g/mol. The number of benzene rings is 1. The molecule has 23 heavy (non-hydrogen) atoms. The van der Waals surface area contributed by atoms with Crippen LogP contribution in [0.5, 0.6) is 0 Å². The lowest BCUT2D eigenvalue weighted by Gasteiger charge is -2.13. The zero-order chi connectivity index (χ0) is 17.3. The molecule has 1 N–H and O–H groups in total. The number of hydrogen-bond acceptors (Lipinski definition) is 4. The number of amides is 1. The molecule has 1 aromatic heterocycles. The first kappa shape index (κ1) is 16.9. The van der Waals surface area contributed by atoms with Crippen LogP contribution >= 0.6 is 0 Å². The molecule has 2 rings (SSSR count). The van der Waals surface area contributed by atoms with Crippen LogP contribution in [0.4, 0.5) is 18.9 Å². The molecule has 0 aliphatic heterocycles. The number of pyridine rings is 1. The fourth-order valence-corrected chi connectivity index (χ4v) is 2.66. The van der Waals surface area contributed by atoms with Crippen molar-refractivity contribution >= 4 is 21.4 Å². The van der Waals surface area contributed by atoms with Crippen molar-refractivity contribution in [2.24, 2.45) is 0 Å². The van der Waals surface area contributed by atoms with E-state index in [2.05, 4.69) is 10.3 Å². The van der Waals surface area contributed by atoms with Crippen molar-refractivity contribution in [3.63, 3.8) is 0 Å². The van der Waals surface area contributed by atoms with Crippen LogP contribution in [0.2, 0.25) is 0 Å². The summed E-state index contributed by atoms with van der Waals surface area (Å²) in [5, 5.41) is 2.29. The molecule has 1 aromatic carbocycles. The van der Waals surface area contributed by atoms with Crippen LogP contribution < -0.4 is 5.32 Å². The van der Waals surface area contributed by atoms with Crippen LogP contribution in [0.3, 0.4) is 0 Å². The van der Waals surface area contributed by atoms with Gasteiger partial charge in [-0.3, -0.25) is 9.78 Å². The highest BCUT2D eigenvalue weighted by Gasteiger charge is 2.32. The standard InChI is InChI=1S/C14H11F3N2O3S/c1-23(21,22)12-7-10(14(15,16)17)4-5-11(12)19-13(20)9-3-2-6-18-8-9/h2-8H,1H3,(H,19,20). The minimum Gasteiger partial charge on any atom is -0.321 e. The molecule has 0 unspecified atom stereocenters. The van der Waals surface area contributed by atoms with Gasteiger partial charge in [-0.15, -0.1) is 0 Å². The van der Waals surface area contributed by atoms with Crippen molar-refractivity contribution in [1.82, 2.24) is 4.98 Å². The van der Waals surface area contributed by atoms with Crippen molar-refractivity contribution in [2.45, 2.75) is 11.1 Å². The minimum absolute atomic E-state index is 0.145. The molecule has 0 aliphatic carbocycles. The van der Waals surface area contributed by atoms with E-state index < -0.39 is 32.4 Å². The third-order valence-electron chi connectivity index (χ3n) is 2.88. The quantitative estimate of drug-likeness (QED) is 0.929. The molecule has 0 aliphatic rings. The molecule has 0 radical (unpaired) electrons. The van der Waals surface area contributed by atoms with Crippen LogP contribution in [0, 0.1) is 0 Å². The maximum Gasteiger partial charge on any atom is 0.416 e. The molecule has 0 saturated carbocycles. The minimum atomic E-state index is -4.69. The molecule has 1 heterocycles. The second kappa shape index (κ2) is 5.99. The van der Waals surface area contributed by atoms with Gasteiger partial charge in [0.25, 0.3) is 5.91 Å². The number of halogens is 3. The van der Waals surface area contributed by atoms with Gasteiger partial charge in [0, 0.05) is 18.6 Å². The number of hydrogen-bond donors (Lipinski definition) is 1. The van der Waals surface area contributed by atoms with Gasteiger partial charge < -0.3 is 5.32 Å². The highest BCUT2D eigenvalue weighted by Crippen LogP contribution is 2.33. The number of rotatable bonds is 3. The normalized spacial score (nSPS) is 12.0. The summed E-state index contributed by atoms with van der Waals surface area (Å²) in [7, 11) is -3.97. The molecule has 0 atom stereocenters. The Morgan fingerprint density at radius 3 is 2.43 bits per heavy atom. The molecule has 1 amide bonds. The van der Waals surface area contributed by atoms with E-state index in [-0.39, 0.29) is 11.3 Å². The van der Waals surface area contributed by atoms with Gasteiger partial charge in [0.2, 0.25) is 0 Å². The Labute approximate surface area is 130 Å². The number of carbonyl (C=O) groups excluding carboxylic acids is 1. The first-order valence-electron chi connectivity index (χ1n) is 6.22. The number of nitrogens with one attached hydrogen (secondary N) is 1. The molecule has 122 valence electrons. The van der Waals surface area contributed by atoms with Crippen LogP contribution in [0.25, 0.3) is 0 Å². The Morgan fingerprint density at radius 2 is 1.91 bits per heavy atom. The number of aromatic nitrogens is 1. The molecular formula is C14H11F3N2O3S. The average Bonchev–Trinajstić information content (AvgIpc) is 2.46. The maximum absolute atomic E-state index is 12.7. The van der Waals surface area contributed by atoms with Gasteiger partial charge in [0.15, 0.2) is 9.84 Å². The van der Waals surface area contributed by atoms with Crippen molar-refractivity contribution in [2.75, 3.05) is 11.6 Å². The molecule has 0 spiro atoms. The van der Waals surface area contributed by atoms with E-state index in [1.54, 1.807) is 0 Å². The van der Waals surface area contributed by atoms with E-state index in [4.69, 9.17) is 0 Å². The van der Waals surface area contributed by atoms with Crippen LogP contribution in [0.1, 0.15) is 15.9 Å². The lowest BCUT2D eigenvalue weighted by Crippen LogP contribution is -2.16. The monoisotopic (exact) mass is 344 g/mol. The summed E-state index contributed by atoms with van der Waals surface area (Å²) in [4.78, 5) is 15.1. The smallest absolute Gasteiger partial charge is 0.321 e. The summed E-state index contributed by atoms with van der Waals surface area (Å²) in [6.07, 6.45) is -1.23. The first-order chi connectivity index (χ1) is 10.6. The fraction of sp³-hybridized carbons (Fsp3) is 0.143. The fourth-order valence-electron chi connectivity index (χ4n) is 1.80. The van der Waals surface area contributed by atoms with Gasteiger partial charge in [0.1, 0.15) is 0 Å². The van der Waals surface area contributed by atoms with Crippen molar-refractivity contribution < 1.29 is 26.4 Å². The Kier molecular flexibility index (Phi) is 4.42. The number of sulfone groups is 1. The highest BCUT2D eigenvalue weighted by atomic mass is 32.2. The predicted octanol–water partition coefficient (Wildman–Crippen LogP) is 2.76. The van der Waals surface area contributed by atoms with E-state index in [1.165, 1.54) is 24.5 Å². The largest absolute Gasteiger partial charge is 0.416 e. The van der Waals surface area contributed by atoms with Crippen LogP contribution in [-0.2, 0) is 16.0 Å². The molecule has 0 saturated heterocycles. The summed E-state index contributed by atoms with van der Waals surface area (Å²) in [6.45, 7) is 0. The second-order valence-corrected chi connectivity index (χ2v) is 6.66. The van der Waals surface area contributed by atoms with E-state index in [1.807, 2.05) is 0 Å². The van der Waals surface area contributed by atoms with Gasteiger partial charge in [-0.2, -0.15) is 13.2 Å². The predicted molar refractivity (Wildman–Crippen MR) is 76.7 cm³/mol. The van der Waals surface area contributed by atoms with E-state index in [0.29, 0.717) is 12.1 Å². The molecule has 5 nitrogen and oxygen atoms in total.